The summed E-state index contributed by atoms with van der Waals surface area (Å²) >= 11 is 0. The Kier molecular flexibility index (Phi) is 4.51. The van der Waals surface area contributed by atoms with E-state index in [2.05, 4.69) is 12.2 Å². The predicted octanol–water partition coefficient (Wildman–Crippen LogP) is 2.90. The summed E-state index contributed by atoms with van der Waals surface area (Å²) in [6.45, 7) is 4.50. The van der Waals surface area contributed by atoms with E-state index >= 15 is 0 Å². The van der Waals surface area contributed by atoms with Crippen LogP contribution in [0, 0.1) is 11.7 Å². The molecule has 17 heavy (non-hydrogen) atoms. The fourth-order valence-corrected chi connectivity index (χ4v) is 1.79. The standard InChI is InChI=1S/C14H20FNO/c1-2-16-9-14(17-10-11-6-7-11)12-4-3-5-13(15)8-12/h3-5,8,11,14,16H,2,6-7,9-10H2,1H3. The Labute approximate surface area is 102 Å². The maximum Gasteiger partial charge on any atom is 0.123 e. The quantitative estimate of drug-likeness (QED) is 0.787. The van der Waals surface area contributed by atoms with Crippen LogP contribution in [0.1, 0.15) is 31.4 Å². The normalized spacial score (nSPS) is 17.1. The van der Waals surface area contributed by atoms with E-state index in [-0.39, 0.29) is 11.9 Å². The van der Waals surface area contributed by atoms with E-state index < -0.39 is 0 Å². The van der Waals surface area contributed by atoms with E-state index in [0.29, 0.717) is 0 Å². The lowest BCUT2D eigenvalue weighted by Crippen LogP contribution is -2.23. The molecule has 0 spiro atoms. The molecule has 1 aliphatic rings. The molecule has 3 heteroatoms. The minimum atomic E-state index is -0.195. The minimum Gasteiger partial charge on any atom is -0.372 e. The molecule has 94 valence electrons. The number of ether oxygens (including phenoxy) is 1. The van der Waals surface area contributed by atoms with Crippen LogP contribution in [0.25, 0.3) is 0 Å². The summed E-state index contributed by atoms with van der Waals surface area (Å²) in [7, 11) is 0. The zero-order valence-electron chi connectivity index (χ0n) is 10.3. The maximum atomic E-state index is 13.2. The van der Waals surface area contributed by atoms with E-state index in [1.165, 1.54) is 18.9 Å². The maximum absolute atomic E-state index is 13.2. The van der Waals surface area contributed by atoms with Crippen LogP contribution in [0.3, 0.4) is 0 Å². The van der Waals surface area contributed by atoms with Gasteiger partial charge in [0.2, 0.25) is 0 Å². The van der Waals surface area contributed by atoms with Crippen LogP contribution in [0.15, 0.2) is 24.3 Å². The Bertz CT molecular complexity index is 352. The third-order valence-electron chi connectivity index (χ3n) is 3.03. The van der Waals surface area contributed by atoms with Crippen molar-refractivity contribution >= 4 is 0 Å². The van der Waals surface area contributed by atoms with Crippen LogP contribution in [0.2, 0.25) is 0 Å². The van der Waals surface area contributed by atoms with Gasteiger partial charge in [-0.15, -0.1) is 0 Å². The largest absolute Gasteiger partial charge is 0.372 e. The van der Waals surface area contributed by atoms with Gasteiger partial charge in [0.05, 0.1) is 12.7 Å². The third kappa shape index (κ3) is 4.10. The number of likely N-dealkylation sites (N-methyl/N-ethyl adjacent to an activating group) is 1. The highest BCUT2D eigenvalue weighted by molar-refractivity contribution is 5.19. The molecule has 0 bridgehead atoms. The van der Waals surface area contributed by atoms with E-state index in [0.717, 1.165) is 31.2 Å². The molecule has 1 aromatic rings. The van der Waals surface area contributed by atoms with Crippen molar-refractivity contribution in [3.63, 3.8) is 0 Å². The van der Waals surface area contributed by atoms with Gasteiger partial charge in [-0.25, -0.2) is 4.39 Å². The summed E-state index contributed by atoms with van der Waals surface area (Å²) in [6.07, 6.45) is 2.51. The molecular formula is C14H20FNO. The van der Waals surface area contributed by atoms with Crippen molar-refractivity contribution in [2.24, 2.45) is 5.92 Å². The first-order valence-electron chi connectivity index (χ1n) is 6.37. The molecule has 0 saturated heterocycles. The lowest BCUT2D eigenvalue weighted by Gasteiger charge is -2.18. The molecule has 1 aromatic carbocycles. The topological polar surface area (TPSA) is 21.3 Å². The van der Waals surface area contributed by atoms with Gasteiger partial charge in [-0.1, -0.05) is 19.1 Å². The number of rotatable bonds is 7. The van der Waals surface area contributed by atoms with Crippen molar-refractivity contribution < 1.29 is 9.13 Å². The fourth-order valence-electron chi connectivity index (χ4n) is 1.79. The van der Waals surface area contributed by atoms with Crippen LogP contribution in [-0.4, -0.2) is 19.7 Å². The number of hydrogen-bond donors (Lipinski definition) is 1. The molecule has 1 fully saturated rings. The van der Waals surface area contributed by atoms with E-state index in [1.54, 1.807) is 12.1 Å². The molecule has 2 rings (SSSR count). The second-order valence-electron chi connectivity index (χ2n) is 4.63. The van der Waals surface area contributed by atoms with Crippen molar-refractivity contribution in [1.82, 2.24) is 5.32 Å². The summed E-state index contributed by atoms with van der Waals surface area (Å²) in [5.74, 6) is 0.534. The summed E-state index contributed by atoms with van der Waals surface area (Å²) in [5, 5.41) is 3.26. The first-order chi connectivity index (χ1) is 8.29. The van der Waals surface area contributed by atoms with Crippen molar-refractivity contribution in [1.29, 1.82) is 0 Å². The Morgan fingerprint density at radius 3 is 2.94 bits per heavy atom. The monoisotopic (exact) mass is 237 g/mol. The molecule has 2 nitrogen and oxygen atoms in total. The molecule has 0 radical (unpaired) electrons. The predicted molar refractivity (Wildman–Crippen MR) is 66.4 cm³/mol. The van der Waals surface area contributed by atoms with Gasteiger partial charge in [-0.2, -0.15) is 0 Å². The van der Waals surface area contributed by atoms with Crippen LogP contribution >= 0.6 is 0 Å². The van der Waals surface area contributed by atoms with Crippen LogP contribution in [0.5, 0.6) is 0 Å². The molecule has 0 aliphatic heterocycles. The van der Waals surface area contributed by atoms with Crippen molar-refractivity contribution in [2.75, 3.05) is 19.7 Å². The van der Waals surface area contributed by atoms with Crippen LogP contribution in [0.4, 0.5) is 4.39 Å². The summed E-state index contributed by atoms with van der Waals surface area (Å²) < 4.78 is 19.1. The first kappa shape index (κ1) is 12.5. The van der Waals surface area contributed by atoms with Gasteiger partial charge < -0.3 is 10.1 Å². The van der Waals surface area contributed by atoms with E-state index in [1.807, 2.05) is 6.07 Å². The molecule has 1 atom stereocenters. The van der Waals surface area contributed by atoms with Crippen molar-refractivity contribution in [3.05, 3.63) is 35.6 Å². The highest BCUT2D eigenvalue weighted by atomic mass is 19.1. The molecule has 1 aliphatic carbocycles. The first-order valence-corrected chi connectivity index (χ1v) is 6.37. The van der Waals surface area contributed by atoms with E-state index in [9.17, 15) is 4.39 Å². The molecular weight excluding hydrogens is 217 g/mol. The van der Waals surface area contributed by atoms with Crippen molar-refractivity contribution in [2.45, 2.75) is 25.9 Å². The van der Waals surface area contributed by atoms with Gasteiger partial charge in [-0.05, 0) is 43.0 Å². The highest BCUT2D eigenvalue weighted by Gasteiger charge is 2.23. The zero-order chi connectivity index (χ0) is 12.1. The summed E-state index contributed by atoms with van der Waals surface area (Å²) in [6, 6.07) is 6.70. The fraction of sp³-hybridized carbons (Fsp3) is 0.571. The van der Waals surface area contributed by atoms with Gasteiger partial charge in [0, 0.05) is 6.54 Å². The lowest BCUT2D eigenvalue weighted by atomic mass is 10.1. The molecule has 1 unspecified atom stereocenters. The third-order valence-corrected chi connectivity index (χ3v) is 3.03. The van der Waals surface area contributed by atoms with Gasteiger partial charge in [0.1, 0.15) is 5.82 Å². The summed E-state index contributed by atoms with van der Waals surface area (Å²) in [4.78, 5) is 0. The Morgan fingerprint density at radius 2 is 2.29 bits per heavy atom. The number of nitrogens with one attached hydrogen (secondary N) is 1. The van der Waals surface area contributed by atoms with Gasteiger partial charge in [-0.3, -0.25) is 0 Å². The van der Waals surface area contributed by atoms with Crippen LogP contribution in [-0.2, 0) is 4.74 Å². The minimum absolute atomic E-state index is 0.0359. The Hall–Kier alpha value is -0.930. The molecule has 0 heterocycles. The number of halogens is 1. The van der Waals surface area contributed by atoms with Gasteiger partial charge >= 0.3 is 0 Å². The van der Waals surface area contributed by atoms with E-state index in [4.69, 9.17) is 4.74 Å². The van der Waals surface area contributed by atoms with Crippen molar-refractivity contribution in [3.8, 4) is 0 Å². The number of benzene rings is 1. The SMILES string of the molecule is CCNCC(OCC1CC1)c1cccc(F)c1. The molecule has 0 amide bonds. The molecule has 0 aromatic heterocycles. The van der Waals surface area contributed by atoms with Crippen LogP contribution < -0.4 is 5.32 Å². The average Bonchev–Trinajstić information content (AvgIpc) is 3.13. The average molecular weight is 237 g/mol. The van der Waals surface area contributed by atoms with Gasteiger partial charge in [0.25, 0.3) is 0 Å². The molecule has 1 saturated carbocycles. The lowest BCUT2D eigenvalue weighted by molar-refractivity contribution is 0.0454. The Balaban J connectivity index is 1.96. The second-order valence-corrected chi connectivity index (χ2v) is 4.63. The Morgan fingerprint density at radius 1 is 1.47 bits per heavy atom. The highest BCUT2D eigenvalue weighted by Crippen LogP contribution is 2.31. The zero-order valence-corrected chi connectivity index (χ0v) is 10.3. The summed E-state index contributed by atoms with van der Waals surface area (Å²) in [5.41, 5.74) is 0.923. The molecule has 1 N–H and O–H groups in total. The smallest absolute Gasteiger partial charge is 0.123 e. The number of hydrogen-bond acceptors (Lipinski definition) is 2. The second kappa shape index (κ2) is 6.12. The van der Waals surface area contributed by atoms with Gasteiger partial charge in [0.15, 0.2) is 0 Å².